The Morgan fingerprint density at radius 3 is 3.09 bits per heavy atom. The Bertz CT molecular complexity index is 134. The molecule has 0 bridgehead atoms. The van der Waals surface area contributed by atoms with E-state index in [0.717, 1.165) is 31.3 Å². The molecule has 1 fully saturated rings. The van der Waals surface area contributed by atoms with Crippen molar-refractivity contribution < 1.29 is 4.74 Å². The van der Waals surface area contributed by atoms with E-state index in [0.29, 0.717) is 5.92 Å². The van der Waals surface area contributed by atoms with Crippen LogP contribution < -0.4 is 10.6 Å². The predicted molar refractivity (Wildman–Crippen MR) is 48.6 cm³/mol. The van der Waals surface area contributed by atoms with Crippen molar-refractivity contribution in [2.45, 2.75) is 6.42 Å². The second-order valence-corrected chi connectivity index (χ2v) is 3.10. The summed E-state index contributed by atoms with van der Waals surface area (Å²) in [5.74, 6) is 0.640. The summed E-state index contributed by atoms with van der Waals surface area (Å²) in [5, 5.41) is 6.70. The summed E-state index contributed by atoms with van der Waals surface area (Å²) in [6.45, 7) is 2.71. The molecule has 1 heterocycles. The first-order valence-electron chi connectivity index (χ1n) is 3.86. The molecule has 2 N–H and O–H groups in total. The highest BCUT2D eigenvalue weighted by Crippen LogP contribution is 2.10. The fraction of sp³-hybridized carbons (Fsp3) is 0.857. The zero-order valence-electron chi connectivity index (χ0n) is 6.72. The highest BCUT2D eigenvalue weighted by Gasteiger charge is 2.14. The van der Waals surface area contributed by atoms with Crippen molar-refractivity contribution in [3.05, 3.63) is 0 Å². The Hall–Kier alpha value is -0.350. The molecular weight excluding hydrogens is 160 g/mol. The van der Waals surface area contributed by atoms with Crippen LogP contribution in [0, 0.1) is 5.92 Å². The lowest BCUT2D eigenvalue weighted by atomic mass is 10.1. The first-order chi connectivity index (χ1) is 5.33. The summed E-state index contributed by atoms with van der Waals surface area (Å²) in [4.78, 5) is 0. The van der Waals surface area contributed by atoms with Crippen molar-refractivity contribution in [2.75, 3.05) is 26.8 Å². The number of hydrogen-bond acceptors (Lipinski definition) is 2. The van der Waals surface area contributed by atoms with Crippen LogP contribution in [0.2, 0.25) is 0 Å². The topological polar surface area (TPSA) is 33.3 Å². The van der Waals surface area contributed by atoms with Crippen molar-refractivity contribution >= 4 is 17.3 Å². The van der Waals surface area contributed by atoms with E-state index >= 15 is 0 Å². The Morgan fingerprint density at radius 1 is 1.73 bits per heavy atom. The van der Waals surface area contributed by atoms with Crippen molar-refractivity contribution in [3.8, 4) is 0 Å². The largest absolute Gasteiger partial charge is 0.381 e. The second kappa shape index (κ2) is 4.51. The second-order valence-electron chi connectivity index (χ2n) is 2.69. The van der Waals surface area contributed by atoms with E-state index in [1.165, 1.54) is 0 Å². The van der Waals surface area contributed by atoms with Crippen LogP contribution in [0.5, 0.6) is 0 Å². The molecule has 0 amide bonds. The maximum atomic E-state index is 5.22. The molecule has 0 aliphatic carbocycles. The molecule has 1 unspecified atom stereocenters. The number of rotatable bonds is 2. The molecule has 0 saturated carbocycles. The standard InChI is InChI=1S/C7H14N2OS/c1-8-7(11)9-4-6-2-3-10-5-6/h6H,2-5H2,1H3,(H2,8,9,11). The molecule has 0 aromatic rings. The molecule has 4 heteroatoms. The van der Waals surface area contributed by atoms with E-state index in [1.54, 1.807) is 0 Å². The SMILES string of the molecule is CNC(=S)NCC1CCOC1. The molecule has 1 atom stereocenters. The molecular formula is C7H14N2OS. The Balaban J connectivity index is 2.06. The number of thiocarbonyl (C=S) groups is 1. The predicted octanol–water partition coefficient (Wildman–Crippen LogP) is 0.117. The van der Waals surface area contributed by atoms with E-state index in [9.17, 15) is 0 Å². The maximum Gasteiger partial charge on any atom is 0.166 e. The third kappa shape index (κ3) is 3.03. The van der Waals surface area contributed by atoms with Gasteiger partial charge in [-0.2, -0.15) is 0 Å². The van der Waals surface area contributed by atoms with E-state index in [4.69, 9.17) is 17.0 Å². The van der Waals surface area contributed by atoms with Crippen LogP contribution in [0.1, 0.15) is 6.42 Å². The normalized spacial score (nSPS) is 23.2. The van der Waals surface area contributed by atoms with Gasteiger partial charge in [0, 0.05) is 26.1 Å². The average molecular weight is 174 g/mol. The molecule has 0 aromatic carbocycles. The first-order valence-corrected chi connectivity index (χ1v) is 4.27. The maximum absolute atomic E-state index is 5.22. The fourth-order valence-electron chi connectivity index (χ4n) is 1.07. The number of ether oxygens (including phenoxy) is 1. The van der Waals surface area contributed by atoms with Crippen LogP contribution in [-0.2, 0) is 4.74 Å². The number of nitrogens with one attached hydrogen (secondary N) is 2. The summed E-state index contributed by atoms with van der Waals surface area (Å²) < 4.78 is 5.22. The number of hydrogen-bond donors (Lipinski definition) is 2. The van der Waals surface area contributed by atoms with Crippen molar-refractivity contribution in [1.29, 1.82) is 0 Å². The summed E-state index contributed by atoms with van der Waals surface area (Å²) in [6, 6.07) is 0. The molecule has 1 saturated heterocycles. The van der Waals surface area contributed by atoms with Crippen LogP contribution in [0.3, 0.4) is 0 Å². The molecule has 0 spiro atoms. The van der Waals surface area contributed by atoms with Crippen LogP contribution in [0.25, 0.3) is 0 Å². The molecule has 0 aromatic heterocycles. The van der Waals surface area contributed by atoms with Gasteiger partial charge in [0.2, 0.25) is 0 Å². The Labute approximate surface area is 72.5 Å². The van der Waals surface area contributed by atoms with E-state index in [-0.39, 0.29) is 0 Å². The van der Waals surface area contributed by atoms with Gasteiger partial charge in [0.15, 0.2) is 5.11 Å². The van der Waals surface area contributed by atoms with Gasteiger partial charge in [-0.1, -0.05) is 0 Å². The minimum atomic E-state index is 0.640. The average Bonchev–Trinajstić information content (AvgIpc) is 2.52. The smallest absolute Gasteiger partial charge is 0.166 e. The van der Waals surface area contributed by atoms with Crippen molar-refractivity contribution in [3.63, 3.8) is 0 Å². The summed E-state index contributed by atoms with van der Waals surface area (Å²) in [7, 11) is 1.82. The Kier molecular flexibility index (Phi) is 3.59. The minimum Gasteiger partial charge on any atom is -0.381 e. The molecule has 1 aliphatic heterocycles. The van der Waals surface area contributed by atoms with E-state index < -0.39 is 0 Å². The van der Waals surface area contributed by atoms with Gasteiger partial charge in [0.25, 0.3) is 0 Å². The molecule has 11 heavy (non-hydrogen) atoms. The highest BCUT2D eigenvalue weighted by molar-refractivity contribution is 7.80. The first kappa shape index (κ1) is 8.74. The van der Waals surface area contributed by atoms with Gasteiger partial charge in [-0.3, -0.25) is 0 Å². The molecule has 0 radical (unpaired) electrons. The Morgan fingerprint density at radius 2 is 2.55 bits per heavy atom. The zero-order valence-corrected chi connectivity index (χ0v) is 7.54. The summed E-state index contributed by atoms with van der Waals surface area (Å²) in [6.07, 6.45) is 1.15. The highest BCUT2D eigenvalue weighted by atomic mass is 32.1. The van der Waals surface area contributed by atoms with E-state index in [2.05, 4.69) is 10.6 Å². The molecule has 1 rings (SSSR count). The van der Waals surface area contributed by atoms with Crippen LogP contribution in [0.15, 0.2) is 0 Å². The van der Waals surface area contributed by atoms with Gasteiger partial charge in [-0.25, -0.2) is 0 Å². The quantitative estimate of drug-likeness (QED) is 0.582. The molecule has 64 valence electrons. The minimum absolute atomic E-state index is 0.640. The van der Waals surface area contributed by atoms with Gasteiger partial charge < -0.3 is 15.4 Å². The van der Waals surface area contributed by atoms with Crippen LogP contribution in [0.4, 0.5) is 0 Å². The van der Waals surface area contributed by atoms with Gasteiger partial charge in [-0.15, -0.1) is 0 Å². The van der Waals surface area contributed by atoms with Gasteiger partial charge in [-0.05, 0) is 18.6 Å². The lowest BCUT2D eigenvalue weighted by molar-refractivity contribution is 0.186. The lowest BCUT2D eigenvalue weighted by Gasteiger charge is -2.10. The lowest BCUT2D eigenvalue weighted by Crippen LogP contribution is -2.35. The van der Waals surface area contributed by atoms with Gasteiger partial charge >= 0.3 is 0 Å². The van der Waals surface area contributed by atoms with Gasteiger partial charge in [0.1, 0.15) is 0 Å². The third-order valence-electron chi connectivity index (χ3n) is 1.80. The van der Waals surface area contributed by atoms with Crippen molar-refractivity contribution in [2.24, 2.45) is 5.92 Å². The summed E-state index contributed by atoms with van der Waals surface area (Å²) >= 11 is 4.93. The monoisotopic (exact) mass is 174 g/mol. The molecule has 1 aliphatic rings. The van der Waals surface area contributed by atoms with Crippen LogP contribution in [-0.4, -0.2) is 31.9 Å². The molecule has 3 nitrogen and oxygen atoms in total. The van der Waals surface area contributed by atoms with Crippen LogP contribution >= 0.6 is 12.2 Å². The summed E-state index contributed by atoms with van der Waals surface area (Å²) in [5.41, 5.74) is 0. The van der Waals surface area contributed by atoms with Crippen molar-refractivity contribution in [1.82, 2.24) is 10.6 Å². The van der Waals surface area contributed by atoms with Gasteiger partial charge in [0.05, 0.1) is 6.61 Å². The third-order valence-corrected chi connectivity index (χ3v) is 2.15. The zero-order chi connectivity index (χ0) is 8.10. The fourth-order valence-corrected chi connectivity index (χ4v) is 1.15. The van der Waals surface area contributed by atoms with E-state index in [1.807, 2.05) is 7.05 Å².